The number of fused-ring (bicyclic) bond motifs is 1. The molecule has 0 fully saturated rings. The van der Waals surface area contributed by atoms with E-state index in [1.807, 2.05) is 43.3 Å². The van der Waals surface area contributed by atoms with Gasteiger partial charge >= 0.3 is 0 Å². The molecule has 1 unspecified atom stereocenters. The zero-order valence-corrected chi connectivity index (χ0v) is 13.2. The molecule has 0 saturated carbocycles. The van der Waals surface area contributed by atoms with Crippen molar-refractivity contribution in [3.8, 4) is 0 Å². The van der Waals surface area contributed by atoms with Crippen LogP contribution >= 0.6 is 11.6 Å². The fraction of sp³-hybridized carbons (Fsp3) is 0.250. The highest BCUT2D eigenvalue weighted by Gasteiger charge is 2.37. The summed E-state index contributed by atoms with van der Waals surface area (Å²) in [6.07, 6.45) is 0.658. The van der Waals surface area contributed by atoms with Gasteiger partial charge in [0.2, 0.25) is 0 Å². The number of halogens is 1. The first kappa shape index (κ1) is 14.4. The van der Waals surface area contributed by atoms with E-state index in [1.165, 1.54) is 4.31 Å². The molecule has 2 aromatic rings. The molecule has 21 heavy (non-hydrogen) atoms. The van der Waals surface area contributed by atoms with Gasteiger partial charge in [-0.1, -0.05) is 35.9 Å². The molecule has 1 heterocycles. The molecule has 0 N–H and O–H groups in total. The molecule has 0 radical (unpaired) electrons. The Hall–Kier alpha value is -1.52. The molecule has 0 amide bonds. The molecular formula is C16H16ClNO2S. The summed E-state index contributed by atoms with van der Waals surface area (Å²) >= 11 is 6.01. The first-order valence-corrected chi connectivity index (χ1v) is 8.76. The smallest absolute Gasteiger partial charge is 0.261 e. The second kappa shape index (κ2) is 5.35. The molecule has 0 bridgehead atoms. The molecule has 3 rings (SSSR count). The summed E-state index contributed by atoms with van der Waals surface area (Å²) in [6.45, 7) is 1.93. The Balaban J connectivity index is 2.11. The van der Waals surface area contributed by atoms with E-state index in [1.54, 1.807) is 12.1 Å². The summed E-state index contributed by atoms with van der Waals surface area (Å²) in [5, 5.41) is 0. The minimum Gasteiger partial charge on any atom is -0.261 e. The SMILES string of the molecule is Cc1ccc(S(=O)(=O)N2c3ccccc3CC2CCl)cc1. The molecule has 1 atom stereocenters. The van der Waals surface area contributed by atoms with E-state index >= 15 is 0 Å². The lowest BCUT2D eigenvalue weighted by atomic mass is 10.1. The van der Waals surface area contributed by atoms with Crippen molar-refractivity contribution in [2.75, 3.05) is 10.2 Å². The number of benzene rings is 2. The quantitative estimate of drug-likeness (QED) is 0.813. The maximum Gasteiger partial charge on any atom is 0.264 e. The van der Waals surface area contributed by atoms with Gasteiger partial charge < -0.3 is 0 Å². The summed E-state index contributed by atoms with van der Waals surface area (Å²) in [7, 11) is -3.58. The maximum absolute atomic E-state index is 12.9. The Labute approximate surface area is 130 Å². The summed E-state index contributed by atoms with van der Waals surface area (Å²) in [6, 6.07) is 14.3. The van der Waals surface area contributed by atoms with Crippen molar-refractivity contribution in [3.05, 3.63) is 59.7 Å². The van der Waals surface area contributed by atoms with E-state index < -0.39 is 10.0 Å². The highest BCUT2D eigenvalue weighted by Crippen LogP contribution is 2.37. The van der Waals surface area contributed by atoms with Gasteiger partial charge in [0.15, 0.2) is 0 Å². The van der Waals surface area contributed by atoms with Crippen LogP contribution in [0.3, 0.4) is 0 Å². The lowest BCUT2D eigenvalue weighted by Gasteiger charge is -2.25. The van der Waals surface area contributed by atoms with Crippen molar-refractivity contribution >= 4 is 27.3 Å². The number of aryl methyl sites for hydroxylation is 1. The lowest BCUT2D eigenvalue weighted by molar-refractivity contribution is 0.584. The molecule has 110 valence electrons. The van der Waals surface area contributed by atoms with Crippen LogP contribution in [-0.2, 0) is 16.4 Å². The third-order valence-electron chi connectivity index (χ3n) is 3.77. The second-order valence-corrected chi connectivity index (χ2v) is 7.38. The van der Waals surface area contributed by atoms with E-state index in [0.717, 1.165) is 16.8 Å². The standard InChI is InChI=1S/C16H16ClNO2S/c1-12-6-8-15(9-7-12)21(19,20)18-14(11-17)10-13-4-2-3-5-16(13)18/h2-9,14H,10-11H2,1H3. The van der Waals surface area contributed by atoms with Gasteiger partial charge in [-0.25, -0.2) is 8.42 Å². The fourth-order valence-electron chi connectivity index (χ4n) is 2.70. The maximum atomic E-state index is 12.9. The van der Waals surface area contributed by atoms with Crippen LogP contribution in [0.4, 0.5) is 5.69 Å². The van der Waals surface area contributed by atoms with Crippen LogP contribution in [0.15, 0.2) is 53.4 Å². The minimum absolute atomic E-state index is 0.227. The van der Waals surface area contributed by atoms with Crippen LogP contribution in [0.1, 0.15) is 11.1 Å². The van der Waals surface area contributed by atoms with E-state index in [-0.39, 0.29) is 11.9 Å². The number of nitrogens with zero attached hydrogens (tertiary/aromatic N) is 1. The van der Waals surface area contributed by atoms with Gasteiger partial charge in [-0.2, -0.15) is 0 Å². The summed E-state index contributed by atoms with van der Waals surface area (Å²) in [5.74, 6) is 0.278. The third kappa shape index (κ3) is 2.43. The zero-order chi connectivity index (χ0) is 15.0. The van der Waals surface area contributed by atoms with Gasteiger partial charge in [-0.05, 0) is 37.1 Å². The summed E-state index contributed by atoms with van der Waals surface area (Å²) in [5.41, 5.74) is 2.80. The van der Waals surface area contributed by atoms with Gasteiger partial charge in [0.1, 0.15) is 0 Å². The Morgan fingerprint density at radius 2 is 1.81 bits per heavy atom. The highest BCUT2D eigenvalue weighted by molar-refractivity contribution is 7.92. The van der Waals surface area contributed by atoms with E-state index in [9.17, 15) is 8.42 Å². The number of para-hydroxylation sites is 1. The molecule has 2 aromatic carbocycles. The van der Waals surface area contributed by atoms with Crippen molar-refractivity contribution in [2.45, 2.75) is 24.3 Å². The van der Waals surface area contributed by atoms with Gasteiger partial charge in [-0.3, -0.25) is 4.31 Å². The number of hydrogen-bond acceptors (Lipinski definition) is 2. The first-order valence-electron chi connectivity index (χ1n) is 6.79. The molecular weight excluding hydrogens is 306 g/mol. The first-order chi connectivity index (χ1) is 10.0. The molecule has 1 aliphatic heterocycles. The minimum atomic E-state index is -3.58. The predicted octanol–water partition coefficient (Wildman–Crippen LogP) is 3.35. The van der Waals surface area contributed by atoms with E-state index in [4.69, 9.17) is 11.6 Å². The lowest BCUT2D eigenvalue weighted by Crippen LogP contribution is -2.38. The Morgan fingerprint density at radius 3 is 2.48 bits per heavy atom. The summed E-state index contributed by atoms with van der Waals surface area (Å²) in [4.78, 5) is 0.305. The van der Waals surface area contributed by atoms with E-state index in [0.29, 0.717) is 11.3 Å². The predicted molar refractivity (Wildman–Crippen MR) is 85.5 cm³/mol. The average molecular weight is 322 g/mol. The topological polar surface area (TPSA) is 37.4 Å². The van der Waals surface area contributed by atoms with Crippen LogP contribution in [0.25, 0.3) is 0 Å². The van der Waals surface area contributed by atoms with Crippen molar-refractivity contribution < 1.29 is 8.42 Å². The normalized spacial score (nSPS) is 17.8. The van der Waals surface area contributed by atoms with E-state index in [2.05, 4.69) is 0 Å². The van der Waals surface area contributed by atoms with Crippen LogP contribution in [-0.4, -0.2) is 20.3 Å². The van der Waals surface area contributed by atoms with Gasteiger partial charge in [0, 0.05) is 5.88 Å². The number of rotatable bonds is 3. The third-order valence-corrected chi connectivity index (χ3v) is 6.01. The monoisotopic (exact) mass is 321 g/mol. The molecule has 0 aromatic heterocycles. The number of anilines is 1. The van der Waals surface area contributed by atoms with Gasteiger partial charge in [-0.15, -0.1) is 11.6 Å². The van der Waals surface area contributed by atoms with Crippen molar-refractivity contribution in [1.82, 2.24) is 0 Å². The average Bonchev–Trinajstić information content (AvgIpc) is 2.87. The number of sulfonamides is 1. The molecule has 1 aliphatic rings. The molecule has 0 aliphatic carbocycles. The second-order valence-electron chi connectivity index (χ2n) is 5.25. The molecule has 5 heteroatoms. The molecule has 3 nitrogen and oxygen atoms in total. The zero-order valence-electron chi connectivity index (χ0n) is 11.7. The van der Waals surface area contributed by atoms with Crippen molar-refractivity contribution in [3.63, 3.8) is 0 Å². The van der Waals surface area contributed by atoms with Crippen LogP contribution in [0.2, 0.25) is 0 Å². The van der Waals surface area contributed by atoms with Crippen LogP contribution in [0.5, 0.6) is 0 Å². The fourth-order valence-corrected chi connectivity index (χ4v) is 4.71. The highest BCUT2D eigenvalue weighted by atomic mass is 35.5. The van der Waals surface area contributed by atoms with Crippen molar-refractivity contribution in [2.24, 2.45) is 0 Å². The van der Waals surface area contributed by atoms with Gasteiger partial charge in [0.05, 0.1) is 16.6 Å². The Morgan fingerprint density at radius 1 is 1.14 bits per heavy atom. The number of hydrogen-bond donors (Lipinski definition) is 0. The van der Waals surface area contributed by atoms with Crippen molar-refractivity contribution in [1.29, 1.82) is 0 Å². The Kier molecular flexibility index (Phi) is 3.68. The van der Waals surface area contributed by atoms with Crippen LogP contribution in [0, 0.1) is 6.92 Å². The van der Waals surface area contributed by atoms with Gasteiger partial charge in [0.25, 0.3) is 10.0 Å². The molecule has 0 spiro atoms. The molecule has 0 saturated heterocycles. The van der Waals surface area contributed by atoms with Crippen LogP contribution < -0.4 is 4.31 Å². The summed E-state index contributed by atoms with van der Waals surface area (Å²) < 4.78 is 27.4. The number of alkyl halides is 1. The Bertz CT molecular complexity index is 756. The largest absolute Gasteiger partial charge is 0.264 e.